The molecular weight excluding hydrogens is 354 g/mol. The number of H-pyrrole nitrogens is 1. The number of rotatable bonds is 6. The summed E-state index contributed by atoms with van der Waals surface area (Å²) in [7, 11) is 0. The third-order valence-corrected chi connectivity index (χ3v) is 4.93. The number of fused-ring (bicyclic) bond motifs is 1. The molecule has 0 aliphatic rings. The Labute approximate surface area is 163 Å². The van der Waals surface area contributed by atoms with E-state index >= 15 is 0 Å². The first-order valence-electron chi connectivity index (χ1n) is 9.20. The molecule has 1 atom stereocenters. The summed E-state index contributed by atoms with van der Waals surface area (Å²) in [6.07, 6.45) is -0.862. The second-order valence-corrected chi connectivity index (χ2v) is 6.99. The average Bonchev–Trinajstić information content (AvgIpc) is 2.95. The normalized spacial score (nSPS) is 12.0. The fraction of sp³-hybridized carbons (Fsp3) is 0.261. The molecule has 1 aromatic heterocycles. The predicted octanol–water partition coefficient (Wildman–Crippen LogP) is 4.34. The van der Waals surface area contributed by atoms with E-state index in [1.165, 1.54) is 6.92 Å². The Morgan fingerprint density at radius 3 is 2.39 bits per heavy atom. The Kier molecular flexibility index (Phi) is 5.45. The lowest BCUT2D eigenvalue weighted by molar-refractivity contribution is -0.145. The van der Waals surface area contributed by atoms with Crippen LogP contribution in [0.5, 0.6) is 0 Å². The number of hydrogen-bond donors (Lipinski definition) is 1. The Hall–Kier alpha value is -3.21. The SMILES string of the molecule is CC(=O)c1c(C)[nH]c(C(=O)[C@H](C)OC(=O)Cc2cccc3ccccc23)c1C. The maximum absolute atomic E-state index is 12.7. The topological polar surface area (TPSA) is 76.2 Å². The van der Waals surface area contributed by atoms with E-state index in [1.807, 2.05) is 42.5 Å². The van der Waals surface area contributed by atoms with Crippen molar-refractivity contribution in [2.24, 2.45) is 0 Å². The van der Waals surface area contributed by atoms with Crippen molar-refractivity contribution in [3.63, 3.8) is 0 Å². The summed E-state index contributed by atoms with van der Waals surface area (Å²) in [5.41, 5.74) is 2.91. The summed E-state index contributed by atoms with van der Waals surface area (Å²) in [6, 6.07) is 13.6. The summed E-state index contributed by atoms with van der Waals surface area (Å²) in [4.78, 5) is 39.9. The quantitative estimate of drug-likeness (QED) is 0.512. The van der Waals surface area contributed by atoms with Crippen LogP contribution in [0.15, 0.2) is 42.5 Å². The minimum Gasteiger partial charge on any atom is -0.454 e. The van der Waals surface area contributed by atoms with E-state index in [4.69, 9.17) is 4.74 Å². The van der Waals surface area contributed by atoms with Gasteiger partial charge in [0.15, 0.2) is 11.9 Å². The van der Waals surface area contributed by atoms with Gasteiger partial charge in [-0.15, -0.1) is 0 Å². The molecule has 0 radical (unpaired) electrons. The lowest BCUT2D eigenvalue weighted by Gasteiger charge is -2.13. The largest absolute Gasteiger partial charge is 0.454 e. The molecule has 28 heavy (non-hydrogen) atoms. The number of hydrogen-bond acceptors (Lipinski definition) is 4. The summed E-state index contributed by atoms with van der Waals surface area (Å²) in [5, 5.41) is 2.04. The van der Waals surface area contributed by atoms with Gasteiger partial charge in [0, 0.05) is 11.3 Å². The zero-order chi connectivity index (χ0) is 20.4. The highest BCUT2D eigenvalue weighted by Gasteiger charge is 2.26. The van der Waals surface area contributed by atoms with E-state index in [-0.39, 0.29) is 18.0 Å². The molecule has 5 heteroatoms. The van der Waals surface area contributed by atoms with Crippen LogP contribution in [0.2, 0.25) is 0 Å². The Morgan fingerprint density at radius 1 is 1.04 bits per heavy atom. The number of aromatic amines is 1. The van der Waals surface area contributed by atoms with Crippen molar-refractivity contribution < 1.29 is 19.1 Å². The van der Waals surface area contributed by atoms with Crippen molar-refractivity contribution in [2.45, 2.75) is 40.2 Å². The fourth-order valence-corrected chi connectivity index (χ4v) is 3.62. The molecule has 3 rings (SSSR count). The van der Waals surface area contributed by atoms with Crippen LogP contribution >= 0.6 is 0 Å². The number of nitrogens with one attached hydrogen (secondary N) is 1. The fourth-order valence-electron chi connectivity index (χ4n) is 3.62. The van der Waals surface area contributed by atoms with Crippen molar-refractivity contribution in [1.82, 2.24) is 4.98 Å². The van der Waals surface area contributed by atoms with Gasteiger partial charge in [-0.25, -0.2) is 0 Å². The lowest BCUT2D eigenvalue weighted by atomic mass is 10.0. The monoisotopic (exact) mass is 377 g/mol. The van der Waals surface area contributed by atoms with Gasteiger partial charge < -0.3 is 9.72 Å². The molecule has 0 amide bonds. The van der Waals surface area contributed by atoms with Gasteiger partial charge in [0.25, 0.3) is 0 Å². The highest BCUT2D eigenvalue weighted by molar-refractivity contribution is 6.05. The van der Waals surface area contributed by atoms with Gasteiger partial charge in [0.05, 0.1) is 12.1 Å². The smallest absolute Gasteiger partial charge is 0.310 e. The summed E-state index contributed by atoms with van der Waals surface area (Å²) in [5.74, 6) is -0.921. The third-order valence-electron chi connectivity index (χ3n) is 4.93. The van der Waals surface area contributed by atoms with Crippen LogP contribution < -0.4 is 0 Å². The molecule has 1 N–H and O–H groups in total. The van der Waals surface area contributed by atoms with Crippen molar-refractivity contribution in [2.75, 3.05) is 0 Å². The van der Waals surface area contributed by atoms with E-state index in [0.717, 1.165) is 16.3 Å². The molecule has 3 aromatic rings. The van der Waals surface area contributed by atoms with Gasteiger partial charge in [0.1, 0.15) is 0 Å². The molecule has 1 heterocycles. The van der Waals surface area contributed by atoms with E-state index < -0.39 is 12.1 Å². The summed E-state index contributed by atoms with van der Waals surface area (Å²) in [6.45, 7) is 6.48. The zero-order valence-electron chi connectivity index (χ0n) is 16.5. The molecule has 144 valence electrons. The van der Waals surface area contributed by atoms with E-state index in [1.54, 1.807) is 20.8 Å². The molecule has 0 fully saturated rings. The number of esters is 1. The molecular formula is C23H23NO4. The van der Waals surface area contributed by atoms with Crippen LogP contribution in [0.3, 0.4) is 0 Å². The van der Waals surface area contributed by atoms with E-state index in [9.17, 15) is 14.4 Å². The van der Waals surface area contributed by atoms with Crippen molar-refractivity contribution in [3.8, 4) is 0 Å². The number of benzene rings is 2. The van der Waals surface area contributed by atoms with Crippen LogP contribution in [0.1, 0.15) is 51.5 Å². The van der Waals surface area contributed by atoms with Gasteiger partial charge in [-0.3, -0.25) is 14.4 Å². The second kappa shape index (κ2) is 7.80. The molecule has 0 saturated heterocycles. The van der Waals surface area contributed by atoms with Crippen molar-refractivity contribution >= 4 is 28.3 Å². The Morgan fingerprint density at radius 2 is 1.71 bits per heavy atom. The van der Waals surface area contributed by atoms with Crippen LogP contribution in [0, 0.1) is 13.8 Å². The highest BCUT2D eigenvalue weighted by atomic mass is 16.5. The first-order valence-corrected chi connectivity index (χ1v) is 9.20. The van der Waals surface area contributed by atoms with Gasteiger partial charge in [-0.05, 0) is 49.6 Å². The summed E-state index contributed by atoms with van der Waals surface area (Å²) < 4.78 is 5.39. The van der Waals surface area contributed by atoms with E-state index in [0.29, 0.717) is 22.5 Å². The predicted molar refractivity (Wildman–Crippen MR) is 108 cm³/mol. The van der Waals surface area contributed by atoms with Crippen molar-refractivity contribution in [1.29, 1.82) is 0 Å². The number of ether oxygens (including phenoxy) is 1. The minimum absolute atomic E-state index is 0.0837. The van der Waals surface area contributed by atoms with Gasteiger partial charge >= 0.3 is 5.97 Å². The molecule has 0 aliphatic heterocycles. The molecule has 0 spiro atoms. The maximum atomic E-state index is 12.7. The second-order valence-electron chi connectivity index (χ2n) is 6.99. The van der Waals surface area contributed by atoms with Crippen molar-refractivity contribution in [3.05, 3.63) is 70.5 Å². The van der Waals surface area contributed by atoms with Crippen LogP contribution in [-0.2, 0) is 16.0 Å². The molecule has 2 aromatic carbocycles. The lowest BCUT2D eigenvalue weighted by Crippen LogP contribution is -2.26. The minimum atomic E-state index is -0.945. The standard InChI is InChI=1S/C23H23NO4/c1-13-21(15(3)25)14(2)24-22(13)23(27)16(4)28-20(26)12-18-10-7-9-17-8-5-6-11-19(17)18/h5-11,16,24H,12H2,1-4H3/t16-/m0/s1. The van der Waals surface area contributed by atoms with Gasteiger partial charge in [-0.1, -0.05) is 42.5 Å². The average molecular weight is 377 g/mol. The number of carbonyl (C=O) groups is 3. The summed E-state index contributed by atoms with van der Waals surface area (Å²) >= 11 is 0. The number of carbonyl (C=O) groups excluding carboxylic acids is 3. The molecule has 0 aliphatic carbocycles. The van der Waals surface area contributed by atoms with Gasteiger partial charge in [-0.2, -0.15) is 0 Å². The zero-order valence-corrected chi connectivity index (χ0v) is 16.5. The first kappa shape index (κ1) is 19.5. The van der Waals surface area contributed by atoms with Crippen LogP contribution in [0.4, 0.5) is 0 Å². The number of Topliss-reactive ketones (excluding diaryl/α,β-unsaturated/α-hetero) is 2. The number of aromatic nitrogens is 1. The Bertz CT molecular complexity index is 1070. The Balaban J connectivity index is 1.75. The van der Waals surface area contributed by atoms with Gasteiger partial charge in [0.2, 0.25) is 5.78 Å². The van der Waals surface area contributed by atoms with Crippen LogP contribution in [0.25, 0.3) is 10.8 Å². The number of aryl methyl sites for hydroxylation is 1. The molecule has 5 nitrogen and oxygen atoms in total. The molecule has 0 unspecified atom stereocenters. The third kappa shape index (κ3) is 3.74. The van der Waals surface area contributed by atoms with Crippen LogP contribution in [-0.4, -0.2) is 28.6 Å². The van der Waals surface area contributed by atoms with E-state index in [2.05, 4.69) is 4.98 Å². The molecule has 0 bridgehead atoms. The number of ketones is 2. The first-order chi connectivity index (χ1) is 13.3. The molecule has 0 saturated carbocycles. The highest BCUT2D eigenvalue weighted by Crippen LogP contribution is 2.22. The maximum Gasteiger partial charge on any atom is 0.310 e.